The van der Waals surface area contributed by atoms with E-state index >= 15 is 0 Å². The Balaban J connectivity index is 2.39. The molecule has 21 heavy (non-hydrogen) atoms. The summed E-state index contributed by atoms with van der Waals surface area (Å²) in [5.41, 5.74) is -0.476. The van der Waals surface area contributed by atoms with Gasteiger partial charge in [0, 0.05) is 16.6 Å². The summed E-state index contributed by atoms with van der Waals surface area (Å²) in [6.45, 7) is 5.31. The first-order valence-corrected chi connectivity index (χ1v) is 7.44. The molecule has 1 aromatic rings. The van der Waals surface area contributed by atoms with Gasteiger partial charge in [-0.2, -0.15) is 0 Å². The van der Waals surface area contributed by atoms with E-state index < -0.39 is 16.6 Å². The summed E-state index contributed by atoms with van der Waals surface area (Å²) in [7, 11) is 0. The van der Waals surface area contributed by atoms with Crippen molar-refractivity contribution in [2.24, 2.45) is 0 Å². The van der Waals surface area contributed by atoms with E-state index in [1.165, 1.54) is 11.0 Å². The number of rotatable bonds is 3. The van der Waals surface area contributed by atoms with Crippen molar-refractivity contribution in [1.82, 2.24) is 0 Å². The predicted molar refractivity (Wildman–Crippen MR) is 82.5 cm³/mol. The summed E-state index contributed by atoms with van der Waals surface area (Å²) in [6.07, 6.45) is 1.11. The topological polar surface area (TPSA) is 72.7 Å². The minimum atomic E-state index is -0.644. The van der Waals surface area contributed by atoms with Gasteiger partial charge in [-0.1, -0.05) is 15.9 Å². The van der Waals surface area contributed by atoms with Crippen molar-refractivity contribution in [3.05, 3.63) is 32.8 Å². The predicted octanol–water partition coefficient (Wildman–Crippen LogP) is 4.26. The van der Waals surface area contributed by atoms with Crippen LogP contribution in [-0.2, 0) is 4.74 Å². The molecule has 0 saturated heterocycles. The molecule has 6 nitrogen and oxygen atoms in total. The van der Waals surface area contributed by atoms with Crippen LogP contribution in [0.2, 0.25) is 0 Å². The van der Waals surface area contributed by atoms with E-state index in [0.29, 0.717) is 4.47 Å². The van der Waals surface area contributed by atoms with E-state index in [4.69, 9.17) is 4.74 Å². The lowest BCUT2D eigenvalue weighted by Gasteiger charge is -2.27. The molecule has 2 rings (SSSR count). The maximum atomic E-state index is 12.4. The van der Waals surface area contributed by atoms with Crippen molar-refractivity contribution in [3.63, 3.8) is 0 Å². The first-order valence-electron chi connectivity index (χ1n) is 6.65. The van der Waals surface area contributed by atoms with Crippen LogP contribution in [0.5, 0.6) is 0 Å². The van der Waals surface area contributed by atoms with Crippen LogP contribution in [-0.4, -0.2) is 22.7 Å². The minimum Gasteiger partial charge on any atom is -0.443 e. The average molecular weight is 357 g/mol. The van der Waals surface area contributed by atoms with Crippen molar-refractivity contribution in [2.45, 2.75) is 45.3 Å². The van der Waals surface area contributed by atoms with Gasteiger partial charge >= 0.3 is 6.09 Å². The Kier molecular flexibility index (Phi) is 4.22. The molecule has 7 heteroatoms. The molecule has 0 bridgehead atoms. The summed E-state index contributed by atoms with van der Waals surface area (Å²) in [6, 6.07) is 4.63. The summed E-state index contributed by atoms with van der Waals surface area (Å²) in [5, 5.41) is 11.2. The standard InChI is InChI=1S/C14H17BrN2O4/c1-14(2,3)21-13(18)16(10-5-6-10)11-7-4-9(15)8-12(11)17(19)20/h4,7-8,10H,5-6H2,1-3H3. The number of halogens is 1. The highest BCUT2D eigenvalue weighted by Gasteiger charge is 2.39. The molecule has 1 aromatic carbocycles. The van der Waals surface area contributed by atoms with Crippen LogP contribution in [0, 0.1) is 10.1 Å². The van der Waals surface area contributed by atoms with Crippen LogP contribution in [0.3, 0.4) is 0 Å². The number of hydrogen-bond donors (Lipinski definition) is 0. The molecule has 1 fully saturated rings. The molecule has 0 N–H and O–H groups in total. The Labute approximate surface area is 131 Å². The van der Waals surface area contributed by atoms with Gasteiger partial charge in [0.05, 0.1) is 4.92 Å². The van der Waals surface area contributed by atoms with E-state index in [9.17, 15) is 14.9 Å². The number of ether oxygens (including phenoxy) is 1. The molecule has 0 spiro atoms. The van der Waals surface area contributed by atoms with Gasteiger partial charge in [-0.3, -0.25) is 15.0 Å². The van der Waals surface area contributed by atoms with Crippen LogP contribution in [0.25, 0.3) is 0 Å². The number of carbonyl (C=O) groups is 1. The zero-order chi connectivity index (χ0) is 15.8. The number of hydrogen-bond acceptors (Lipinski definition) is 4. The second-order valence-electron chi connectivity index (χ2n) is 5.97. The third-order valence-corrected chi connectivity index (χ3v) is 3.39. The number of nitrogens with zero attached hydrogens (tertiary/aromatic N) is 2. The zero-order valence-corrected chi connectivity index (χ0v) is 13.7. The van der Waals surface area contributed by atoms with Gasteiger partial charge in [0.15, 0.2) is 0 Å². The highest BCUT2D eigenvalue weighted by molar-refractivity contribution is 9.10. The highest BCUT2D eigenvalue weighted by atomic mass is 79.9. The van der Waals surface area contributed by atoms with Gasteiger partial charge in [-0.05, 0) is 45.7 Å². The normalized spacial score (nSPS) is 14.7. The maximum absolute atomic E-state index is 12.4. The largest absolute Gasteiger partial charge is 0.443 e. The number of nitro groups is 1. The van der Waals surface area contributed by atoms with Crippen molar-refractivity contribution >= 4 is 33.4 Å². The van der Waals surface area contributed by atoms with Crippen molar-refractivity contribution in [2.75, 3.05) is 4.90 Å². The van der Waals surface area contributed by atoms with Gasteiger partial charge in [0.25, 0.3) is 5.69 Å². The summed E-state index contributed by atoms with van der Waals surface area (Å²) >= 11 is 3.21. The summed E-state index contributed by atoms with van der Waals surface area (Å²) < 4.78 is 5.97. The van der Waals surface area contributed by atoms with Crippen LogP contribution in [0.1, 0.15) is 33.6 Å². The second kappa shape index (κ2) is 5.63. The Morgan fingerprint density at radius 3 is 2.52 bits per heavy atom. The van der Waals surface area contributed by atoms with Crippen LogP contribution in [0.15, 0.2) is 22.7 Å². The van der Waals surface area contributed by atoms with Crippen molar-refractivity contribution in [3.8, 4) is 0 Å². The fourth-order valence-corrected chi connectivity index (χ4v) is 2.28. The fourth-order valence-electron chi connectivity index (χ4n) is 1.93. The molecular formula is C14H17BrN2O4. The molecule has 1 saturated carbocycles. The molecular weight excluding hydrogens is 340 g/mol. The lowest BCUT2D eigenvalue weighted by molar-refractivity contribution is -0.384. The molecule has 1 aliphatic rings. The minimum absolute atomic E-state index is 0.0280. The lowest BCUT2D eigenvalue weighted by atomic mass is 10.2. The van der Waals surface area contributed by atoms with E-state index in [-0.39, 0.29) is 17.4 Å². The lowest BCUT2D eigenvalue weighted by Crippen LogP contribution is -2.38. The average Bonchev–Trinajstić information content (AvgIpc) is 3.13. The molecule has 0 aliphatic heterocycles. The molecule has 114 valence electrons. The van der Waals surface area contributed by atoms with Gasteiger partial charge in [-0.15, -0.1) is 0 Å². The zero-order valence-electron chi connectivity index (χ0n) is 12.1. The number of carbonyl (C=O) groups excluding carboxylic acids is 1. The summed E-state index contributed by atoms with van der Waals surface area (Å²) in [4.78, 5) is 24.5. The first kappa shape index (κ1) is 15.8. The van der Waals surface area contributed by atoms with E-state index in [1.807, 2.05) is 0 Å². The molecule has 0 heterocycles. The summed E-state index contributed by atoms with van der Waals surface area (Å²) in [5.74, 6) is 0. The van der Waals surface area contributed by atoms with Crippen LogP contribution >= 0.6 is 15.9 Å². The third kappa shape index (κ3) is 3.93. The third-order valence-electron chi connectivity index (χ3n) is 2.90. The molecule has 0 atom stereocenters. The molecule has 1 aliphatic carbocycles. The monoisotopic (exact) mass is 356 g/mol. The second-order valence-corrected chi connectivity index (χ2v) is 6.89. The van der Waals surface area contributed by atoms with E-state index in [1.54, 1.807) is 32.9 Å². The van der Waals surface area contributed by atoms with Crippen molar-refractivity contribution in [1.29, 1.82) is 0 Å². The van der Waals surface area contributed by atoms with E-state index in [0.717, 1.165) is 12.8 Å². The Bertz CT molecular complexity index is 579. The van der Waals surface area contributed by atoms with Crippen LogP contribution in [0.4, 0.5) is 16.2 Å². The maximum Gasteiger partial charge on any atom is 0.415 e. The van der Waals surface area contributed by atoms with Crippen LogP contribution < -0.4 is 4.90 Å². The Hall–Kier alpha value is -1.63. The van der Waals surface area contributed by atoms with Gasteiger partial charge in [0.2, 0.25) is 0 Å². The Morgan fingerprint density at radius 2 is 2.05 bits per heavy atom. The van der Waals surface area contributed by atoms with Crippen molar-refractivity contribution < 1.29 is 14.5 Å². The van der Waals surface area contributed by atoms with Gasteiger partial charge < -0.3 is 4.74 Å². The number of nitro benzene ring substituents is 1. The molecule has 0 aromatic heterocycles. The van der Waals surface area contributed by atoms with Gasteiger partial charge in [-0.25, -0.2) is 4.79 Å². The quantitative estimate of drug-likeness (QED) is 0.598. The van der Waals surface area contributed by atoms with Gasteiger partial charge in [0.1, 0.15) is 11.3 Å². The Morgan fingerprint density at radius 1 is 1.43 bits per heavy atom. The molecule has 0 unspecified atom stereocenters. The smallest absolute Gasteiger partial charge is 0.415 e. The number of amides is 1. The first-order chi connectivity index (χ1) is 9.69. The molecule has 1 amide bonds. The van der Waals surface area contributed by atoms with E-state index in [2.05, 4.69) is 15.9 Å². The SMILES string of the molecule is CC(C)(C)OC(=O)N(c1ccc(Br)cc1[N+](=O)[O-])C1CC1. The number of benzene rings is 1. The molecule has 0 radical (unpaired) electrons. The fraction of sp³-hybridized carbons (Fsp3) is 0.500. The number of anilines is 1. The highest BCUT2D eigenvalue weighted by Crippen LogP contribution is 2.39.